The molecule has 0 aromatic carbocycles. The predicted molar refractivity (Wildman–Crippen MR) is 116 cm³/mol. The SMILES string of the molecule is COC(=NC(C)(C)C(=O)N(C)C(C(=O)N[C@@H](CC(=O)O)C(=O)N1CCCC1)C(C)C)C(F)(F)F. The molecule has 0 aromatic heterocycles. The van der Waals surface area contributed by atoms with Gasteiger partial charge < -0.3 is 25.0 Å². The zero-order valence-corrected chi connectivity index (χ0v) is 20.2. The second-order valence-corrected chi connectivity index (χ2v) is 8.97. The minimum Gasteiger partial charge on any atom is -0.481 e. The molecule has 10 nitrogen and oxygen atoms in total. The number of hydrogen-bond acceptors (Lipinski definition) is 6. The van der Waals surface area contributed by atoms with Gasteiger partial charge in [0.15, 0.2) is 0 Å². The number of halogens is 3. The topological polar surface area (TPSA) is 129 Å². The van der Waals surface area contributed by atoms with Gasteiger partial charge in [-0.2, -0.15) is 13.2 Å². The maximum atomic E-state index is 13.1. The second kappa shape index (κ2) is 11.5. The van der Waals surface area contributed by atoms with Crippen LogP contribution >= 0.6 is 0 Å². The van der Waals surface area contributed by atoms with Gasteiger partial charge in [0.2, 0.25) is 17.7 Å². The highest BCUT2D eigenvalue weighted by Crippen LogP contribution is 2.24. The second-order valence-electron chi connectivity index (χ2n) is 8.97. The molecule has 13 heteroatoms. The van der Waals surface area contributed by atoms with Crippen LogP contribution in [-0.4, -0.2) is 95.5 Å². The lowest BCUT2D eigenvalue weighted by molar-refractivity contribution is -0.147. The molecular weight excluding hydrogens is 461 g/mol. The third kappa shape index (κ3) is 7.59. The number of hydrogen-bond donors (Lipinski definition) is 2. The van der Waals surface area contributed by atoms with Crippen molar-refractivity contribution in [3.63, 3.8) is 0 Å². The molecule has 34 heavy (non-hydrogen) atoms. The Balaban J connectivity index is 3.17. The molecule has 1 fully saturated rings. The molecule has 0 aliphatic carbocycles. The van der Waals surface area contributed by atoms with Gasteiger partial charge in [0.05, 0.1) is 13.5 Å². The van der Waals surface area contributed by atoms with Crippen molar-refractivity contribution in [3.8, 4) is 0 Å². The van der Waals surface area contributed by atoms with Crippen LogP contribution in [0, 0.1) is 5.92 Å². The van der Waals surface area contributed by atoms with Gasteiger partial charge in [-0.3, -0.25) is 19.2 Å². The molecule has 1 rings (SSSR count). The van der Waals surface area contributed by atoms with Crippen molar-refractivity contribution >= 4 is 29.6 Å². The number of rotatable bonds is 9. The lowest BCUT2D eigenvalue weighted by Gasteiger charge is -2.35. The van der Waals surface area contributed by atoms with E-state index in [4.69, 9.17) is 0 Å². The van der Waals surface area contributed by atoms with E-state index < -0.39 is 65.7 Å². The number of amides is 3. The van der Waals surface area contributed by atoms with Gasteiger partial charge in [-0.15, -0.1) is 0 Å². The smallest absolute Gasteiger partial charge is 0.468 e. The van der Waals surface area contributed by atoms with E-state index in [1.165, 1.54) is 11.9 Å². The van der Waals surface area contributed by atoms with Crippen LogP contribution in [-0.2, 0) is 23.9 Å². The molecule has 1 saturated heterocycles. The first-order valence-electron chi connectivity index (χ1n) is 10.8. The summed E-state index contributed by atoms with van der Waals surface area (Å²) in [5.74, 6) is -5.65. The van der Waals surface area contributed by atoms with Gasteiger partial charge in [0.1, 0.15) is 17.6 Å². The highest BCUT2D eigenvalue weighted by molar-refractivity contribution is 5.96. The minimum absolute atomic E-state index is 0.448. The Hall–Kier alpha value is -2.86. The Morgan fingerprint density at radius 1 is 1.15 bits per heavy atom. The molecule has 3 amide bonds. The number of nitrogens with one attached hydrogen (secondary N) is 1. The molecule has 0 aromatic rings. The molecule has 1 aliphatic rings. The van der Waals surface area contributed by atoms with Crippen molar-refractivity contribution in [2.45, 2.75) is 70.8 Å². The van der Waals surface area contributed by atoms with Crippen LogP contribution in [0.3, 0.4) is 0 Å². The van der Waals surface area contributed by atoms with Crippen molar-refractivity contribution < 1.29 is 42.2 Å². The number of carboxylic acids is 1. The summed E-state index contributed by atoms with van der Waals surface area (Å²) in [6, 6.07) is -2.55. The van der Waals surface area contributed by atoms with E-state index in [0.29, 0.717) is 13.1 Å². The predicted octanol–water partition coefficient (Wildman–Crippen LogP) is 1.44. The summed E-state index contributed by atoms with van der Waals surface area (Å²) in [5, 5.41) is 11.6. The first-order valence-corrected chi connectivity index (χ1v) is 10.8. The maximum Gasteiger partial charge on any atom is 0.468 e. The van der Waals surface area contributed by atoms with Gasteiger partial charge >= 0.3 is 12.1 Å². The average molecular weight is 495 g/mol. The summed E-state index contributed by atoms with van der Waals surface area (Å²) < 4.78 is 43.4. The number of likely N-dealkylation sites (N-methyl/N-ethyl adjacent to an activating group) is 1. The van der Waals surface area contributed by atoms with Gasteiger partial charge in [-0.25, -0.2) is 4.99 Å². The van der Waals surface area contributed by atoms with Crippen LogP contribution in [0.2, 0.25) is 0 Å². The molecule has 2 N–H and O–H groups in total. The number of carbonyl (C=O) groups is 4. The lowest BCUT2D eigenvalue weighted by atomic mass is 9.97. The fourth-order valence-corrected chi connectivity index (χ4v) is 3.80. The highest BCUT2D eigenvalue weighted by atomic mass is 19.4. The van der Waals surface area contributed by atoms with Gasteiger partial charge in [0, 0.05) is 20.1 Å². The Morgan fingerprint density at radius 2 is 1.68 bits per heavy atom. The quantitative estimate of drug-likeness (QED) is 0.369. The Bertz CT molecular complexity index is 807. The zero-order valence-electron chi connectivity index (χ0n) is 20.2. The van der Waals surface area contributed by atoms with E-state index in [-0.39, 0.29) is 0 Å². The fourth-order valence-electron chi connectivity index (χ4n) is 3.80. The van der Waals surface area contributed by atoms with Crippen molar-refractivity contribution in [2.75, 3.05) is 27.2 Å². The fraction of sp³-hybridized carbons (Fsp3) is 0.762. The van der Waals surface area contributed by atoms with Crippen molar-refractivity contribution in [1.82, 2.24) is 15.1 Å². The minimum atomic E-state index is -4.92. The van der Waals surface area contributed by atoms with E-state index in [9.17, 15) is 37.5 Å². The van der Waals surface area contributed by atoms with Crippen molar-refractivity contribution in [1.29, 1.82) is 0 Å². The molecule has 1 unspecified atom stereocenters. The molecule has 0 bridgehead atoms. The summed E-state index contributed by atoms with van der Waals surface area (Å²) in [5.41, 5.74) is -1.94. The zero-order chi connectivity index (χ0) is 26.4. The van der Waals surface area contributed by atoms with Crippen LogP contribution in [0.1, 0.15) is 47.0 Å². The summed E-state index contributed by atoms with van der Waals surface area (Å²) in [7, 11) is 2.01. The Labute approximate surface area is 196 Å². The number of carbonyl (C=O) groups excluding carboxylic acids is 3. The summed E-state index contributed by atoms with van der Waals surface area (Å²) in [6.07, 6.45) is -4.04. The number of carboxylic acid groups (broad SMARTS) is 1. The lowest BCUT2D eigenvalue weighted by Crippen LogP contribution is -2.58. The molecule has 0 saturated carbocycles. The van der Waals surface area contributed by atoms with Crippen LogP contribution in [0.5, 0.6) is 0 Å². The summed E-state index contributed by atoms with van der Waals surface area (Å²) in [6.45, 7) is 6.41. The average Bonchev–Trinajstić information content (AvgIpc) is 3.23. The monoisotopic (exact) mass is 494 g/mol. The van der Waals surface area contributed by atoms with Gasteiger partial charge in [-0.1, -0.05) is 13.8 Å². The number of methoxy groups -OCH3 is 1. The Kier molecular flexibility index (Phi) is 9.88. The number of aliphatic imine (C=N–C) groups is 1. The van der Waals surface area contributed by atoms with E-state index >= 15 is 0 Å². The van der Waals surface area contributed by atoms with E-state index in [1.54, 1.807) is 13.8 Å². The van der Waals surface area contributed by atoms with Gasteiger partial charge in [0.25, 0.3) is 5.90 Å². The Morgan fingerprint density at radius 3 is 2.09 bits per heavy atom. The number of likely N-dealkylation sites (tertiary alicyclic amines) is 1. The molecule has 2 atom stereocenters. The van der Waals surface area contributed by atoms with Crippen LogP contribution in [0.4, 0.5) is 13.2 Å². The third-order valence-electron chi connectivity index (χ3n) is 5.39. The van der Waals surface area contributed by atoms with Gasteiger partial charge in [-0.05, 0) is 32.6 Å². The molecule has 0 radical (unpaired) electrons. The van der Waals surface area contributed by atoms with Crippen LogP contribution < -0.4 is 5.32 Å². The van der Waals surface area contributed by atoms with E-state index in [1.807, 2.05) is 0 Å². The first kappa shape index (κ1) is 29.2. The van der Waals surface area contributed by atoms with E-state index in [0.717, 1.165) is 38.7 Å². The van der Waals surface area contributed by atoms with Crippen LogP contribution in [0.15, 0.2) is 4.99 Å². The highest BCUT2D eigenvalue weighted by Gasteiger charge is 2.44. The molecule has 1 aliphatic heterocycles. The molecule has 1 heterocycles. The molecule has 0 spiro atoms. The van der Waals surface area contributed by atoms with Crippen molar-refractivity contribution in [2.24, 2.45) is 10.9 Å². The largest absolute Gasteiger partial charge is 0.481 e. The summed E-state index contributed by atoms with van der Waals surface area (Å²) >= 11 is 0. The first-order chi connectivity index (χ1) is 15.5. The normalized spacial score (nSPS) is 16.8. The number of alkyl halides is 3. The van der Waals surface area contributed by atoms with E-state index in [2.05, 4.69) is 15.0 Å². The third-order valence-corrected chi connectivity index (χ3v) is 5.39. The standard InChI is InChI=1S/C21H33F3N4O6/c1-12(2)15(27(5)19(33)20(3,4)26-18(34-6)21(22,23)24)16(31)25-13(11-14(29)30)17(32)28-9-7-8-10-28/h12-13,15H,7-11H2,1-6H3,(H,25,31)(H,29,30)/t13-,15?/m0/s1. The summed E-state index contributed by atoms with van der Waals surface area (Å²) in [4.78, 5) is 56.0. The van der Waals surface area contributed by atoms with Crippen molar-refractivity contribution in [3.05, 3.63) is 0 Å². The number of aliphatic carboxylic acids is 1. The molecular formula is C21H33F3N4O6. The number of ether oxygens (including phenoxy) is 1. The van der Waals surface area contributed by atoms with Crippen LogP contribution in [0.25, 0.3) is 0 Å². The number of nitrogens with zero attached hydrogens (tertiary/aromatic N) is 3. The maximum absolute atomic E-state index is 13.1. The molecule has 194 valence electrons.